The van der Waals surface area contributed by atoms with Gasteiger partial charge in [-0.15, -0.1) is 0 Å². The molecule has 0 saturated heterocycles. The molecular weight excluding hydrogens is 258 g/mol. The Kier molecular flexibility index (Phi) is 4.42. The number of carboxylic acids is 1. The molecule has 0 radical (unpaired) electrons. The fourth-order valence-electron chi connectivity index (χ4n) is 2.68. The van der Waals surface area contributed by atoms with Crippen LogP contribution in [-0.4, -0.2) is 27.6 Å². The molecule has 1 aromatic rings. The van der Waals surface area contributed by atoms with Crippen LogP contribution in [-0.2, 0) is 4.79 Å². The average molecular weight is 279 g/mol. The van der Waals surface area contributed by atoms with Crippen LogP contribution < -0.4 is 10.9 Å². The molecule has 0 spiro atoms. The predicted octanol–water partition coefficient (Wildman–Crippen LogP) is 1.81. The zero-order valence-corrected chi connectivity index (χ0v) is 11.8. The number of hydrogen-bond acceptors (Lipinski definition) is 4. The maximum absolute atomic E-state index is 11.6. The van der Waals surface area contributed by atoms with E-state index in [-0.39, 0.29) is 23.3 Å². The van der Waals surface area contributed by atoms with Gasteiger partial charge < -0.3 is 15.4 Å². The van der Waals surface area contributed by atoms with E-state index in [4.69, 9.17) is 5.11 Å². The lowest BCUT2D eigenvalue weighted by atomic mass is 9.96. The van der Waals surface area contributed by atoms with E-state index in [2.05, 4.69) is 15.3 Å². The SMILES string of the molecule is CC(C)c1nc(NCC2CCCC2C(=O)O)cc(=O)[nH]1. The summed E-state index contributed by atoms with van der Waals surface area (Å²) in [7, 11) is 0. The third-order valence-corrected chi connectivity index (χ3v) is 3.83. The molecule has 1 fully saturated rings. The lowest BCUT2D eigenvalue weighted by Gasteiger charge is -2.17. The minimum Gasteiger partial charge on any atom is -0.481 e. The number of aliphatic carboxylic acids is 1. The van der Waals surface area contributed by atoms with E-state index in [1.165, 1.54) is 6.07 Å². The molecule has 2 unspecified atom stereocenters. The van der Waals surface area contributed by atoms with Crippen LogP contribution in [0.15, 0.2) is 10.9 Å². The predicted molar refractivity (Wildman–Crippen MR) is 75.9 cm³/mol. The number of H-pyrrole nitrogens is 1. The van der Waals surface area contributed by atoms with Crippen LogP contribution in [0.25, 0.3) is 0 Å². The second-order valence-corrected chi connectivity index (χ2v) is 5.69. The highest BCUT2D eigenvalue weighted by Crippen LogP contribution is 2.31. The van der Waals surface area contributed by atoms with Gasteiger partial charge in [-0.25, -0.2) is 4.98 Å². The molecule has 0 aliphatic heterocycles. The molecule has 0 bridgehead atoms. The lowest BCUT2D eigenvalue weighted by molar-refractivity contribution is -0.142. The van der Waals surface area contributed by atoms with E-state index in [9.17, 15) is 9.59 Å². The molecular formula is C14H21N3O3. The van der Waals surface area contributed by atoms with Crippen molar-refractivity contribution in [3.8, 4) is 0 Å². The van der Waals surface area contributed by atoms with Gasteiger partial charge in [-0.3, -0.25) is 9.59 Å². The Labute approximate surface area is 117 Å². The number of hydrogen-bond donors (Lipinski definition) is 3. The smallest absolute Gasteiger partial charge is 0.306 e. The third kappa shape index (κ3) is 3.37. The standard InChI is InChI=1S/C14H21N3O3/c1-8(2)13-16-11(6-12(18)17-13)15-7-9-4-3-5-10(9)14(19)20/h6,8-10H,3-5,7H2,1-2H3,(H,19,20)(H2,15,16,17,18). The van der Waals surface area contributed by atoms with Gasteiger partial charge in [0, 0.05) is 18.5 Å². The summed E-state index contributed by atoms with van der Waals surface area (Å²) in [6, 6.07) is 1.41. The zero-order chi connectivity index (χ0) is 14.7. The monoisotopic (exact) mass is 279 g/mol. The molecule has 20 heavy (non-hydrogen) atoms. The van der Waals surface area contributed by atoms with Crippen molar-refractivity contribution in [1.82, 2.24) is 9.97 Å². The van der Waals surface area contributed by atoms with Crippen LogP contribution in [0.2, 0.25) is 0 Å². The molecule has 2 rings (SSSR count). The second kappa shape index (κ2) is 6.07. The molecule has 1 saturated carbocycles. The van der Waals surface area contributed by atoms with Crippen LogP contribution in [0.5, 0.6) is 0 Å². The Balaban J connectivity index is 2.04. The van der Waals surface area contributed by atoms with Gasteiger partial charge in [0.2, 0.25) is 0 Å². The first-order valence-corrected chi connectivity index (χ1v) is 7.05. The molecule has 0 aromatic carbocycles. The van der Waals surface area contributed by atoms with Crippen LogP contribution in [0.1, 0.15) is 44.9 Å². The molecule has 1 aliphatic carbocycles. The molecule has 110 valence electrons. The van der Waals surface area contributed by atoms with Crippen molar-refractivity contribution in [1.29, 1.82) is 0 Å². The third-order valence-electron chi connectivity index (χ3n) is 3.83. The first-order chi connectivity index (χ1) is 9.47. The van der Waals surface area contributed by atoms with Crippen molar-refractivity contribution in [3.05, 3.63) is 22.2 Å². The van der Waals surface area contributed by atoms with E-state index >= 15 is 0 Å². The Morgan fingerprint density at radius 1 is 1.55 bits per heavy atom. The summed E-state index contributed by atoms with van der Waals surface area (Å²) in [4.78, 5) is 29.7. The van der Waals surface area contributed by atoms with E-state index in [1.54, 1.807) is 0 Å². The first-order valence-electron chi connectivity index (χ1n) is 7.05. The number of anilines is 1. The fraction of sp³-hybridized carbons (Fsp3) is 0.643. The topological polar surface area (TPSA) is 95.1 Å². The Bertz CT molecular complexity index is 539. The van der Waals surface area contributed by atoms with Crippen LogP contribution in [0, 0.1) is 11.8 Å². The number of carboxylic acid groups (broad SMARTS) is 1. The van der Waals surface area contributed by atoms with Crippen molar-refractivity contribution >= 4 is 11.8 Å². The number of nitrogens with zero attached hydrogens (tertiary/aromatic N) is 1. The van der Waals surface area contributed by atoms with Gasteiger partial charge in [0.1, 0.15) is 11.6 Å². The highest BCUT2D eigenvalue weighted by molar-refractivity contribution is 5.70. The lowest BCUT2D eigenvalue weighted by Crippen LogP contribution is -2.25. The average Bonchev–Trinajstić information content (AvgIpc) is 2.84. The quantitative estimate of drug-likeness (QED) is 0.764. The van der Waals surface area contributed by atoms with Gasteiger partial charge in [0.05, 0.1) is 5.92 Å². The minimum atomic E-state index is -0.726. The molecule has 1 heterocycles. The summed E-state index contributed by atoms with van der Waals surface area (Å²) < 4.78 is 0. The van der Waals surface area contributed by atoms with E-state index in [0.717, 1.165) is 19.3 Å². The van der Waals surface area contributed by atoms with Crippen molar-refractivity contribution in [3.63, 3.8) is 0 Å². The van der Waals surface area contributed by atoms with Gasteiger partial charge in [-0.2, -0.15) is 0 Å². The molecule has 0 amide bonds. The Hall–Kier alpha value is -1.85. The maximum Gasteiger partial charge on any atom is 0.306 e. The van der Waals surface area contributed by atoms with Gasteiger partial charge in [0.25, 0.3) is 5.56 Å². The summed E-state index contributed by atoms with van der Waals surface area (Å²) in [5, 5.41) is 12.3. The van der Waals surface area contributed by atoms with E-state index in [0.29, 0.717) is 18.2 Å². The van der Waals surface area contributed by atoms with E-state index in [1.807, 2.05) is 13.8 Å². The van der Waals surface area contributed by atoms with Gasteiger partial charge in [-0.1, -0.05) is 20.3 Å². The number of rotatable bonds is 5. The normalized spacial score (nSPS) is 22.1. The van der Waals surface area contributed by atoms with Crippen molar-refractivity contribution in [2.45, 2.75) is 39.0 Å². The van der Waals surface area contributed by atoms with Crippen molar-refractivity contribution in [2.75, 3.05) is 11.9 Å². The number of aromatic nitrogens is 2. The zero-order valence-electron chi connectivity index (χ0n) is 11.8. The summed E-state index contributed by atoms with van der Waals surface area (Å²) in [6.45, 7) is 4.46. The largest absolute Gasteiger partial charge is 0.481 e. The number of aromatic amines is 1. The van der Waals surface area contributed by atoms with Crippen molar-refractivity contribution < 1.29 is 9.90 Å². The van der Waals surface area contributed by atoms with Crippen LogP contribution in [0.4, 0.5) is 5.82 Å². The minimum absolute atomic E-state index is 0.107. The summed E-state index contributed by atoms with van der Waals surface area (Å²) in [5.74, 6) is 0.401. The highest BCUT2D eigenvalue weighted by atomic mass is 16.4. The van der Waals surface area contributed by atoms with Crippen LogP contribution >= 0.6 is 0 Å². The molecule has 1 aromatic heterocycles. The molecule has 3 N–H and O–H groups in total. The number of nitrogens with one attached hydrogen (secondary N) is 2. The van der Waals surface area contributed by atoms with Crippen molar-refractivity contribution in [2.24, 2.45) is 11.8 Å². The highest BCUT2D eigenvalue weighted by Gasteiger charge is 2.32. The first kappa shape index (κ1) is 14.6. The summed E-state index contributed by atoms with van der Waals surface area (Å²) in [6.07, 6.45) is 2.59. The summed E-state index contributed by atoms with van der Waals surface area (Å²) in [5.41, 5.74) is -0.188. The second-order valence-electron chi connectivity index (χ2n) is 5.69. The van der Waals surface area contributed by atoms with Crippen LogP contribution in [0.3, 0.4) is 0 Å². The molecule has 1 aliphatic rings. The number of carbonyl (C=O) groups is 1. The van der Waals surface area contributed by atoms with Gasteiger partial charge >= 0.3 is 5.97 Å². The Morgan fingerprint density at radius 2 is 2.30 bits per heavy atom. The molecule has 2 atom stereocenters. The fourth-order valence-corrected chi connectivity index (χ4v) is 2.68. The molecule has 6 nitrogen and oxygen atoms in total. The Morgan fingerprint density at radius 3 is 2.95 bits per heavy atom. The van der Waals surface area contributed by atoms with E-state index < -0.39 is 5.97 Å². The van der Waals surface area contributed by atoms with Gasteiger partial charge in [-0.05, 0) is 18.8 Å². The maximum atomic E-state index is 11.6. The summed E-state index contributed by atoms with van der Waals surface area (Å²) >= 11 is 0. The molecule has 6 heteroatoms. The van der Waals surface area contributed by atoms with Gasteiger partial charge in [0.15, 0.2) is 0 Å².